The molecular weight excluding hydrogens is 430 g/mol. The first kappa shape index (κ1) is 23.1. The van der Waals surface area contributed by atoms with E-state index in [-0.39, 0.29) is 12.0 Å². The van der Waals surface area contributed by atoms with Crippen molar-refractivity contribution in [2.24, 2.45) is 5.92 Å². The molecule has 3 atom stereocenters. The van der Waals surface area contributed by atoms with Crippen LogP contribution in [0.2, 0.25) is 0 Å². The molecule has 1 aliphatic heterocycles. The quantitative estimate of drug-likeness (QED) is 0.475. The number of hydrogen-bond acceptors (Lipinski definition) is 3. The summed E-state index contributed by atoms with van der Waals surface area (Å²) < 4.78 is 35.6. The smallest absolute Gasteiger partial charge is 0.244 e. The van der Waals surface area contributed by atoms with Crippen molar-refractivity contribution in [2.75, 3.05) is 7.11 Å². The molecule has 0 radical (unpaired) electrons. The fourth-order valence-corrected chi connectivity index (χ4v) is 7.31. The van der Waals surface area contributed by atoms with Gasteiger partial charge in [0, 0.05) is 6.04 Å². The second-order valence-corrected chi connectivity index (χ2v) is 10.4. The van der Waals surface area contributed by atoms with Crippen LogP contribution in [0.15, 0.2) is 71.6 Å². The van der Waals surface area contributed by atoms with Crippen molar-refractivity contribution in [3.63, 3.8) is 0 Å². The third kappa shape index (κ3) is 3.94. The Labute approximate surface area is 197 Å². The van der Waals surface area contributed by atoms with Crippen LogP contribution in [0.1, 0.15) is 33.9 Å². The number of rotatable bonds is 6. The molecule has 4 nitrogen and oxygen atoms in total. The van der Waals surface area contributed by atoms with E-state index in [0.29, 0.717) is 28.2 Å². The molecule has 1 aliphatic rings. The molecule has 0 aliphatic carbocycles. The highest BCUT2D eigenvalue weighted by atomic mass is 32.2. The van der Waals surface area contributed by atoms with Crippen LogP contribution >= 0.6 is 0 Å². The van der Waals surface area contributed by atoms with Crippen LogP contribution < -0.4 is 4.74 Å². The maximum atomic E-state index is 14.3. The molecule has 3 aromatic rings. The van der Waals surface area contributed by atoms with Crippen molar-refractivity contribution >= 4 is 10.0 Å². The zero-order valence-electron chi connectivity index (χ0n) is 19.4. The first-order chi connectivity index (χ1) is 15.8. The lowest BCUT2D eigenvalue weighted by atomic mass is 9.76. The maximum absolute atomic E-state index is 14.3. The largest absolute Gasteiger partial charge is 0.496 e. The van der Waals surface area contributed by atoms with Crippen LogP contribution in [-0.4, -0.2) is 25.9 Å². The first-order valence-electron chi connectivity index (χ1n) is 11.0. The Hall–Kier alpha value is -3.07. The number of nitrogens with zero attached hydrogens (tertiary/aromatic N) is 1. The molecule has 0 aromatic heterocycles. The van der Waals surface area contributed by atoms with Crippen LogP contribution in [0.5, 0.6) is 5.75 Å². The third-order valence-electron chi connectivity index (χ3n) is 6.71. The molecule has 4 rings (SSSR count). The minimum absolute atomic E-state index is 0.220. The standard InChI is InChI=1S/C28H29NO3S/c1-6-24-25(18-22-13-9-7-10-14-22)29(27(24)23-15-11-8-12-16-23)33(30,31)28-19(2)17-26(32-5)20(3)21(28)4/h1,7-17,24-25,27H,18H2,2-5H3/t24-,25+,27+/m1/s1. The monoisotopic (exact) mass is 459 g/mol. The predicted molar refractivity (Wildman–Crippen MR) is 132 cm³/mol. The Morgan fingerprint density at radius 3 is 2.15 bits per heavy atom. The fraction of sp³-hybridized carbons (Fsp3) is 0.286. The summed E-state index contributed by atoms with van der Waals surface area (Å²) in [5.41, 5.74) is 4.18. The topological polar surface area (TPSA) is 46.6 Å². The highest BCUT2D eigenvalue weighted by Crippen LogP contribution is 2.49. The number of sulfonamides is 1. The van der Waals surface area contributed by atoms with Gasteiger partial charge in [0.1, 0.15) is 5.75 Å². The van der Waals surface area contributed by atoms with Gasteiger partial charge in [0.25, 0.3) is 0 Å². The Bertz CT molecular complexity index is 1290. The molecule has 0 saturated carbocycles. The molecule has 0 spiro atoms. The SMILES string of the molecule is C#C[C@@H]1[C@H](Cc2ccccc2)N(S(=O)(=O)c2c(C)cc(OC)c(C)c2C)[C@H]1c1ccccc1. The Balaban J connectivity index is 1.86. The normalized spacial score (nSPS) is 20.6. The van der Waals surface area contributed by atoms with Gasteiger partial charge in [0.2, 0.25) is 10.0 Å². The van der Waals surface area contributed by atoms with Crippen molar-refractivity contribution in [1.29, 1.82) is 0 Å². The molecule has 170 valence electrons. The summed E-state index contributed by atoms with van der Waals surface area (Å²) in [5, 5.41) is 0. The van der Waals surface area contributed by atoms with Crippen molar-refractivity contribution < 1.29 is 13.2 Å². The highest BCUT2D eigenvalue weighted by molar-refractivity contribution is 7.89. The summed E-state index contributed by atoms with van der Waals surface area (Å²) in [6.45, 7) is 5.56. The van der Waals surface area contributed by atoms with Gasteiger partial charge in [-0.25, -0.2) is 8.42 Å². The van der Waals surface area contributed by atoms with Gasteiger partial charge < -0.3 is 4.74 Å². The van der Waals surface area contributed by atoms with Crippen LogP contribution in [-0.2, 0) is 16.4 Å². The molecule has 0 amide bonds. The van der Waals surface area contributed by atoms with E-state index in [1.165, 1.54) is 0 Å². The van der Waals surface area contributed by atoms with Gasteiger partial charge in [-0.3, -0.25) is 0 Å². The Morgan fingerprint density at radius 1 is 0.970 bits per heavy atom. The summed E-state index contributed by atoms with van der Waals surface area (Å²) in [7, 11) is -2.24. The third-order valence-corrected chi connectivity index (χ3v) is 8.91. The Kier molecular flexibility index (Phi) is 6.34. The number of hydrogen-bond donors (Lipinski definition) is 0. The zero-order valence-corrected chi connectivity index (χ0v) is 20.3. The maximum Gasteiger partial charge on any atom is 0.244 e. The molecule has 0 unspecified atom stereocenters. The van der Waals surface area contributed by atoms with E-state index in [0.717, 1.165) is 16.7 Å². The van der Waals surface area contributed by atoms with E-state index in [4.69, 9.17) is 11.2 Å². The lowest BCUT2D eigenvalue weighted by molar-refractivity contribution is 0.0570. The van der Waals surface area contributed by atoms with E-state index < -0.39 is 16.1 Å². The predicted octanol–water partition coefficient (Wildman–Crippen LogP) is 5.23. The van der Waals surface area contributed by atoms with Gasteiger partial charge in [-0.2, -0.15) is 4.31 Å². The van der Waals surface area contributed by atoms with Gasteiger partial charge in [-0.05, 0) is 61.1 Å². The van der Waals surface area contributed by atoms with Gasteiger partial charge in [0.15, 0.2) is 0 Å². The van der Waals surface area contributed by atoms with Crippen LogP contribution in [0.4, 0.5) is 0 Å². The molecule has 0 N–H and O–H groups in total. The van der Waals surface area contributed by atoms with Crippen LogP contribution in [0, 0.1) is 39.0 Å². The number of terminal acetylenes is 1. The molecule has 5 heteroatoms. The van der Waals surface area contributed by atoms with Crippen molar-refractivity contribution in [2.45, 2.75) is 44.2 Å². The average Bonchev–Trinajstić information content (AvgIpc) is 2.80. The summed E-state index contributed by atoms with van der Waals surface area (Å²) >= 11 is 0. The van der Waals surface area contributed by atoms with Gasteiger partial charge in [0.05, 0.1) is 24.0 Å². The molecule has 0 bridgehead atoms. The number of aryl methyl sites for hydroxylation is 1. The molecule has 1 heterocycles. The summed E-state index contributed by atoms with van der Waals surface area (Å²) in [6, 6.07) is 20.7. The zero-order chi connectivity index (χ0) is 23.8. The minimum Gasteiger partial charge on any atom is -0.496 e. The number of methoxy groups -OCH3 is 1. The van der Waals surface area contributed by atoms with E-state index in [1.807, 2.05) is 81.4 Å². The Morgan fingerprint density at radius 2 is 1.58 bits per heavy atom. The van der Waals surface area contributed by atoms with E-state index in [1.54, 1.807) is 17.5 Å². The number of benzene rings is 3. The van der Waals surface area contributed by atoms with Crippen LogP contribution in [0.25, 0.3) is 0 Å². The van der Waals surface area contributed by atoms with Crippen molar-refractivity contribution in [1.82, 2.24) is 4.31 Å². The lowest BCUT2D eigenvalue weighted by Gasteiger charge is -2.52. The molecule has 1 saturated heterocycles. The van der Waals surface area contributed by atoms with Crippen LogP contribution in [0.3, 0.4) is 0 Å². The summed E-state index contributed by atoms with van der Waals surface area (Å²) in [6.07, 6.45) is 6.54. The van der Waals surface area contributed by atoms with Crippen molar-refractivity contribution in [3.8, 4) is 18.1 Å². The lowest BCUT2D eigenvalue weighted by Crippen LogP contribution is -2.61. The second-order valence-electron chi connectivity index (χ2n) is 8.61. The highest BCUT2D eigenvalue weighted by Gasteiger charge is 2.54. The van der Waals surface area contributed by atoms with Gasteiger partial charge in [-0.1, -0.05) is 66.6 Å². The van der Waals surface area contributed by atoms with E-state index in [2.05, 4.69) is 5.92 Å². The summed E-state index contributed by atoms with van der Waals surface area (Å²) in [5.74, 6) is 3.38. The second kappa shape index (κ2) is 9.05. The van der Waals surface area contributed by atoms with E-state index >= 15 is 0 Å². The molecular formula is C28H29NO3S. The van der Waals surface area contributed by atoms with Crippen molar-refractivity contribution in [3.05, 3.63) is 94.5 Å². The average molecular weight is 460 g/mol. The first-order valence-corrected chi connectivity index (χ1v) is 12.5. The minimum atomic E-state index is -3.84. The molecule has 1 fully saturated rings. The molecule has 33 heavy (non-hydrogen) atoms. The van der Waals surface area contributed by atoms with E-state index in [9.17, 15) is 8.42 Å². The van der Waals surface area contributed by atoms with Gasteiger partial charge >= 0.3 is 0 Å². The summed E-state index contributed by atoms with van der Waals surface area (Å²) in [4.78, 5) is 0.343. The fourth-order valence-electron chi connectivity index (χ4n) is 4.97. The molecule has 3 aromatic carbocycles. The number of ether oxygens (including phenoxy) is 1. The van der Waals surface area contributed by atoms with Gasteiger partial charge in [-0.15, -0.1) is 6.42 Å².